The van der Waals surface area contributed by atoms with Gasteiger partial charge >= 0.3 is 5.97 Å². The molecule has 1 unspecified atom stereocenters. The van der Waals surface area contributed by atoms with E-state index in [0.717, 1.165) is 36.1 Å². The van der Waals surface area contributed by atoms with Crippen molar-refractivity contribution >= 4 is 11.9 Å². The summed E-state index contributed by atoms with van der Waals surface area (Å²) in [7, 11) is 0. The predicted octanol–water partition coefficient (Wildman–Crippen LogP) is 2.73. The molecule has 3 rings (SSSR count). The average Bonchev–Trinajstić information content (AvgIpc) is 3.20. The molecule has 1 fully saturated rings. The highest BCUT2D eigenvalue weighted by atomic mass is 16.5. The highest BCUT2D eigenvalue weighted by Gasteiger charge is 2.16. The van der Waals surface area contributed by atoms with Crippen molar-refractivity contribution in [3.8, 4) is 11.1 Å². The van der Waals surface area contributed by atoms with Crippen molar-refractivity contribution in [1.82, 2.24) is 5.32 Å². The van der Waals surface area contributed by atoms with Crippen molar-refractivity contribution in [3.05, 3.63) is 60.2 Å². The fraction of sp³-hybridized carbons (Fsp3) is 0.333. The van der Waals surface area contributed by atoms with E-state index in [1.165, 1.54) is 0 Å². The zero-order valence-electron chi connectivity index (χ0n) is 14.6. The molecule has 0 bridgehead atoms. The molecule has 2 aromatic rings. The number of carbonyl (C=O) groups is 2. The van der Waals surface area contributed by atoms with Gasteiger partial charge in [0.25, 0.3) is 5.91 Å². The third-order valence-electron chi connectivity index (χ3n) is 4.32. The van der Waals surface area contributed by atoms with Crippen LogP contribution in [0.5, 0.6) is 0 Å². The molecule has 2 aromatic carbocycles. The Bertz CT molecular complexity index is 721. The van der Waals surface area contributed by atoms with Crippen LogP contribution in [0.15, 0.2) is 54.6 Å². The van der Waals surface area contributed by atoms with Crippen LogP contribution in [-0.2, 0) is 25.5 Å². The molecule has 5 heteroatoms. The van der Waals surface area contributed by atoms with Gasteiger partial charge in [0, 0.05) is 13.2 Å². The smallest absolute Gasteiger partial charge is 0.310 e. The van der Waals surface area contributed by atoms with Crippen LogP contribution >= 0.6 is 0 Å². The van der Waals surface area contributed by atoms with Crippen molar-refractivity contribution in [2.45, 2.75) is 25.4 Å². The van der Waals surface area contributed by atoms with Crippen LogP contribution in [-0.4, -0.2) is 37.7 Å². The summed E-state index contributed by atoms with van der Waals surface area (Å²) in [6.07, 6.45) is 2.21. The van der Waals surface area contributed by atoms with Crippen LogP contribution in [0.1, 0.15) is 18.4 Å². The minimum atomic E-state index is -0.412. The lowest BCUT2D eigenvalue weighted by Gasteiger charge is -2.11. The summed E-state index contributed by atoms with van der Waals surface area (Å²) in [6.45, 7) is 0.962. The molecule has 1 amide bonds. The Labute approximate surface area is 153 Å². The predicted molar refractivity (Wildman–Crippen MR) is 98.5 cm³/mol. The maximum atomic E-state index is 11.9. The maximum Gasteiger partial charge on any atom is 0.310 e. The van der Waals surface area contributed by atoms with Gasteiger partial charge in [-0.15, -0.1) is 0 Å². The SMILES string of the molecule is O=C(COC(=O)Cc1ccc(-c2ccccc2)cc1)NCC1CCCO1. The Morgan fingerprint density at radius 2 is 1.77 bits per heavy atom. The quantitative estimate of drug-likeness (QED) is 0.778. The van der Waals surface area contributed by atoms with E-state index < -0.39 is 5.97 Å². The molecule has 0 aromatic heterocycles. The normalized spacial score (nSPS) is 16.2. The van der Waals surface area contributed by atoms with Gasteiger partial charge in [-0.05, 0) is 29.5 Å². The molecule has 1 saturated heterocycles. The molecule has 26 heavy (non-hydrogen) atoms. The molecule has 0 aliphatic carbocycles. The number of hydrogen-bond donors (Lipinski definition) is 1. The van der Waals surface area contributed by atoms with Crippen LogP contribution in [0.4, 0.5) is 0 Å². The minimum absolute atomic E-state index is 0.0813. The molecule has 1 heterocycles. The second-order valence-electron chi connectivity index (χ2n) is 6.34. The summed E-state index contributed by atoms with van der Waals surface area (Å²) >= 11 is 0. The Morgan fingerprint density at radius 1 is 1.04 bits per heavy atom. The molecule has 136 valence electrons. The zero-order chi connectivity index (χ0) is 18.2. The third-order valence-corrected chi connectivity index (χ3v) is 4.32. The molecule has 0 spiro atoms. The topological polar surface area (TPSA) is 64.6 Å². The van der Waals surface area contributed by atoms with E-state index in [2.05, 4.69) is 5.32 Å². The number of nitrogens with one attached hydrogen (secondary N) is 1. The van der Waals surface area contributed by atoms with Gasteiger partial charge in [-0.3, -0.25) is 9.59 Å². The second kappa shape index (κ2) is 9.15. The van der Waals surface area contributed by atoms with E-state index in [-0.39, 0.29) is 25.0 Å². The van der Waals surface area contributed by atoms with Crippen LogP contribution in [0.3, 0.4) is 0 Å². The standard InChI is InChI=1S/C21H23NO4/c23-20(22-14-19-7-4-12-25-19)15-26-21(24)13-16-8-10-18(11-9-16)17-5-2-1-3-6-17/h1-3,5-6,8-11,19H,4,7,12-15H2,(H,22,23). The molecule has 1 atom stereocenters. The van der Waals surface area contributed by atoms with Crippen LogP contribution in [0.2, 0.25) is 0 Å². The van der Waals surface area contributed by atoms with E-state index in [4.69, 9.17) is 9.47 Å². The van der Waals surface area contributed by atoms with Gasteiger partial charge in [-0.25, -0.2) is 0 Å². The van der Waals surface area contributed by atoms with E-state index in [1.807, 2.05) is 54.6 Å². The minimum Gasteiger partial charge on any atom is -0.455 e. The van der Waals surface area contributed by atoms with Crippen molar-refractivity contribution in [1.29, 1.82) is 0 Å². The summed E-state index contributed by atoms with van der Waals surface area (Å²) in [5.74, 6) is -0.710. The molecular weight excluding hydrogens is 330 g/mol. The average molecular weight is 353 g/mol. The molecule has 5 nitrogen and oxygen atoms in total. The Kier molecular flexibility index (Phi) is 6.39. The summed E-state index contributed by atoms with van der Waals surface area (Å²) in [6, 6.07) is 17.8. The van der Waals surface area contributed by atoms with E-state index in [1.54, 1.807) is 0 Å². The lowest BCUT2D eigenvalue weighted by Crippen LogP contribution is -2.35. The first-order chi connectivity index (χ1) is 12.7. The van der Waals surface area contributed by atoms with Crippen molar-refractivity contribution in [2.24, 2.45) is 0 Å². The molecular formula is C21H23NO4. The number of amides is 1. The summed E-state index contributed by atoms with van der Waals surface area (Å²) in [4.78, 5) is 23.6. The lowest BCUT2D eigenvalue weighted by molar-refractivity contribution is -0.148. The van der Waals surface area contributed by atoms with Gasteiger partial charge in [0.1, 0.15) is 0 Å². The summed E-state index contributed by atoms with van der Waals surface area (Å²) in [5, 5.41) is 2.73. The first-order valence-electron chi connectivity index (χ1n) is 8.89. The Morgan fingerprint density at radius 3 is 2.46 bits per heavy atom. The lowest BCUT2D eigenvalue weighted by atomic mass is 10.0. The Balaban J connectivity index is 1.40. The number of ether oxygens (including phenoxy) is 2. The number of benzene rings is 2. The van der Waals surface area contributed by atoms with Crippen LogP contribution < -0.4 is 5.32 Å². The monoisotopic (exact) mass is 353 g/mol. The first kappa shape index (κ1) is 18.1. The number of hydrogen-bond acceptors (Lipinski definition) is 4. The van der Waals surface area contributed by atoms with Crippen molar-refractivity contribution in [2.75, 3.05) is 19.8 Å². The first-order valence-corrected chi connectivity index (χ1v) is 8.89. The fourth-order valence-electron chi connectivity index (χ4n) is 2.89. The van der Waals surface area contributed by atoms with Crippen molar-refractivity contribution < 1.29 is 19.1 Å². The summed E-state index contributed by atoms with van der Waals surface area (Å²) in [5.41, 5.74) is 3.08. The van der Waals surface area contributed by atoms with Gasteiger partial charge < -0.3 is 14.8 Å². The van der Waals surface area contributed by atoms with Crippen LogP contribution in [0.25, 0.3) is 11.1 Å². The maximum absolute atomic E-state index is 11.9. The van der Waals surface area contributed by atoms with Gasteiger partial charge in [-0.2, -0.15) is 0 Å². The van der Waals surface area contributed by atoms with Gasteiger partial charge in [0.05, 0.1) is 12.5 Å². The number of carbonyl (C=O) groups excluding carboxylic acids is 2. The fourth-order valence-corrected chi connectivity index (χ4v) is 2.89. The molecule has 0 radical (unpaired) electrons. The van der Waals surface area contributed by atoms with Gasteiger partial charge in [-0.1, -0.05) is 54.6 Å². The molecule has 0 saturated carbocycles. The van der Waals surface area contributed by atoms with E-state index >= 15 is 0 Å². The third kappa shape index (κ3) is 5.43. The van der Waals surface area contributed by atoms with Crippen LogP contribution in [0, 0.1) is 0 Å². The van der Waals surface area contributed by atoms with Crippen molar-refractivity contribution in [3.63, 3.8) is 0 Å². The number of esters is 1. The molecule has 1 N–H and O–H groups in total. The Hall–Kier alpha value is -2.66. The van der Waals surface area contributed by atoms with E-state index in [9.17, 15) is 9.59 Å². The zero-order valence-corrected chi connectivity index (χ0v) is 14.6. The molecule has 1 aliphatic heterocycles. The highest BCUT2D eigenvalue weighted by Crippen LogP contribution is 2.19. The largest absolute Gasteiger partial charge is 0.455 e. The second-order valence-corrected chi connectivity index (χ2v) is 6.34. The summed E-state index contributed by atoms with van der Waals surface area (Å²) < 4.78 is 10.5. The number of rotatable bonds is 7. The molecule has 1 aliphatic rings. The van der Waals surface area contributed by atoms with Gasteiger partial charge in [0.15, 0.2) is 6.61 Å². The highest BCUT2D eigenvalue weighted by molar-refractivity contribution is 5.81. The van der Waals surface area contributed by atoms with Gasteiger partial charge in [0.2, 0.25) is 0 Å². The van der Waals surface area contributed by atoms with E-state index in [0.29, 0.717) is 6.54 Å².